The first-order valence-electron chi connectivity index (χ1n) is 9.19. The Morgan fingerprint density at radius 3 is 2.77 bits per heavy atom. The highest BCUT2D eigenvalue weighted by molar-refractivity contribution is 5.74. The summed E-state index contributed by atoms with van der Waals surface area (Å²) in [6.45, 7) is 4.01. The van der Waals surface area contributed by atoms with Crippen molar-refractivity contribution in [2.24, 2.45) is 0 Å². The molecule has 2 heterocycles. The molecule has 1 aromatic carbocycles. The third-order valence-electron chi connectivity index (χ3n) is 4.57. The van der Waals surface area contributed by atoms with Gasteiger partial charge in [0.05, 0.1) is 25.9 Å². The van der Waals surface area contributed by atoms with Crippen LogP contribution in [-0.4, -0.2) is 34.6 Å². The second kappa shape index (κ2) is 8.65. The van der Waals surface area contributed by atoms with Crippen LogP contribution in [0.15, 0.2) is 30.5 Å². The summed E-state index contributed by atoms with van der Waals surface area (Å²) in [6, 6.07) is 7.90. The SMILES string of the molecule is CCCCCNC(=O)N1Cc2cnc(Cc3ccc(OC)cc3)nc2C1. The molecule has 0 spiro atoms. The molecule has 0 saturated carbocycles. The van der Waals surface area contributed by atoms with E-state index in [4.69, 9.17) is 4.74 Å². The number of hydrogen-bond acceptors (Lipinski definition) is 4. The summed E-state index contributed by atoms with van der Waals surface area (Å²) < 4.78 is 5.18. The fraction of sp³-hybridized carbons (Fsp3) is 0.450. The van der Waals surface area contributed by atoms with Gasteiger partial charge in [-0.15, -0.1) is 0 Å². The summed E-state index contributed by atoms with van der Waals surface area (Å²) in [4.78, 5) is 23.2. The van der Waals surface area contributed by atoms with Gasteiger partial charge in [0.2, 0.25) is 0 Å². The third kappa shape index (κ3) is 4.50. The maximum Gasteiger partial charge on any atom is 0.318 e. The van der Waals surface area contributed by atoms with Crippen LogP contribution < -0.4 is 10.1 Å². The zero-order valence-electron chi connectivity index (χ0n) is 15.5. The Bertz CT molecular complexity index is 746. The Labute approximate surface area is 154 Å². The first-order chi connectivity index (χ1) is 12.7. The van der Waals surface area contributed by atoms with Gasteiger partial charge < -0.3 is 15.0 Å². The number of urea groups is 1. The van der Waals surface area contributed by atoms with Gasteiger partial charge in [-0.25, -0.2) is 14.8 Å². The Morgan fingerprint density at radius 1 is 1.23 bits per heavy atom. The quantitative estimate of drug-likeness (QED) is 0.775. The molecule has 0 unspecified atom stereocenters. The van der Waals surface area contributed by atoms with Crippen LogP contribution in [0.4, 0.5) is 4.79 Å². The molecule has 1 aliphatic rings. The predicted molar refractivity (Wildman–Crippen MR) is 100 cm³/mol. The molecule has 2 amide bonds. The van der Waals surface area contributed by atoms with Crippen LogP contribution in [-0.2, 0) is 19.5 Å². The minimum Gasteiger partial charge on any atom is -0.497 e. The molecule has 1 aliphatic heterocycles. The Kier molecular flexibility index (Phi) is 6.04. The standard InChI is InChI=1S/C20H26N4O2/c1-3-4-5-10-21-20(25)24-13-16-12-22-19(23-18(16)14-24)11-15-6-8-17(26-2)9-7-15/h6-9,12H,3-5,10-11,13-14H2,1-2H3,(H,21,25). The third-order valence-corrected chi connectivity index (χ3v) is 4.57. The van der Waals surface area contributed by atoms with E-state index in [9.17, 15) is 4.79 Å². The highest BCUT2D eigenvalue weighted by Gasteiger charge is 2.25. The summed E-state index contributed by atoms with van der Waals surface area (Å²) in [5, 5.41) is 2.99. The first-order valence-corrected chi connectivity index (χ1v) is 9.19. The molecule has 0 saturated heterocycles. The lowest BCUT2D eigenvalue weighted by molar-refractivity contribution is 0.198. The van der Waals surface area contributed by atoms with Crippen LogP contribution in [0.2, 0.25) is 0 Å². The molecule has 0 bridgehead atoms. The van der Waals surface area contributed by atoms with E-state index in [1.165, 1.54) is 0 Å². The Morgan fingerprint density at radius 2 is 2.04 bits per heavy atom. The molecule has 6 heteroatoms. The normalized spacial score (nSPS) is 12.8. The van der Waals surface area contributed by atoms with Crippen molar-refractivity contribution in [3.63, 3.8) is 0 Å². The zero-order chi connectivity index (χ0) is 18.4. The molecule has 0 radical (unpaired) electrons. The Hall–Kier alpha value is -2.63. The molecule has 6 nitrogen and oxygen atoms in total. The maximum atomic E-state index is 12.3. The van der Waals surface area contributed by atoms with Crippen LogP contribution in [0.3, 0.4) is 0 Å². The molecule has 0 fully saturated rings. The van der Waals surface area contributed by atoms with Gasteiger partial charge in [0.25, 0.3) is 0 Å². The molecule has 2 aromatic rings. The van der Waals surface area contributed by atoms with E-state index in [2.05, 4.69) is 22.2 Å². The number of amides is 2. The van der Waals surface area contributed by atoms with Crippen molar-refractivity contribution >= 4 is 6.03 Å². The highest BCUT2D eigenvalue weighted by atomic mass is 16.5. The number of benzene rings is 1. The summed E-state index contributed by atoms with van der Waals surface area (Å²) in [7, 11) is 1.66. The van der Waals surface area contributed by atoms with Gasteiger partial charge in [0.15, 0.2) is 0 Å². The van der Waals surface area contributed by atoms with Crippen LogP contribution in [0, 0.1) is 0 Å². The molecule has 26 heavy (non-hydrogen) atoms. The second-order valence-corrected chi connectivity index (χ2v) is 6.58. The van der Waals surface area contributed by atoms with Gasteiger partial charge >= 0.3 is 6.03 Å². The number of unbranched alkanes of at least 4 members (excludes halogenated alkanes) is 2. The van der Waals surface area contributed by atoms with Crippen LogP contribution in [0.25, 0.3) is 0 Å². The van der Waals surface area contributed by atoms with E-state index >= 15 is 0 Å². The summed E-state index contributed by atoms with van der Waals surface area (Å²) >= 11 is 0. The fourth-order valence-corrected chi connectivity index (χ4v) is 3.03. The smallest absolute Gasteiger partial charge is 0.318 e. The van der Waals surface area contributed by atoms with Crippen LogP contribution >= 0.6 is 0 Å². The van der Waals surface area contributed by atoms with E-state index in [1.54, 1.807) is 12.0 Å². The molecule has 1 aromatic heterocycles. The zero-order valence-corrected chi connectivity index (χ0v) is 15.5. The monoisotopic (exact) mass is 354 g/mol. The second-order valence-electron chi connectivity index (χ2n) is 6.58. The Balaban J connectivity index is 1.58. The van der Waals surface area contributed by atoms with Gasteiger partial charge in [-0.2, -0.15) is 0 Å². The number of fused-ring (bicyclic) bond motifs is 1. The minimum absolute atomic E-state index is 0.0178. The van der Waals surface area contributed by atoms with Gasteiger partial charge in [0.1, 0.15) is 11.6 Å². The van der Waals surface area contributed by atoms with E-state index in [0.29, 0.717) is 19.5 Å². The number of aromatic nitrogens is 2. The van der Waals surface area contributed by atoms with Gasteiger partial charge in [-0.1, -0.05) is 31.9 Å². The first kappa shape index (κ1) is 18.2. The molecule has 138 valence electrons. The van der Waals surface area contributed by atoms with Crippen molar-refractivity contribution in [2.45, 2.75) is 45.7 Å². The summed E-state index contributed by atoms with van der Waals surface area (Å²) in [5.74, 6) is 1.61. The van der Waals surface area contributed by atoms with Gasteiger partial charge in [-0.3, -0.25) is 0 Å². The topological polar surface area (TPSA) is 67.4 Å². The van der Waals surface area contributed by atoms with Crippen molar-refractivity contribution in [1.82, 2.24) is 20.2 Å². The van der Waals surface area contributed by atoms with Crippen molar-refractivity contribution in [3.8, 4) is 5.75 Å². The van der Waals surface area contributed by atoms with Crippen molar-refractivity contribution < 1.29 is 9.53 Å². The number of ether oxygens (including phenoxy) is 1. The number of hydrogen-bond donors (Lipinski definition) is 1. The number of nitrogens with zero attached hydrogens (tertiary/aromatic N) is 3. The molecule has 0 aliphatic carbocycles. The fourth-order valence-electron chi connectivity index (χ4n) is 3.03. The van der Waals surface area contributed by atoms with E-state index in [1.807, 2.05) is 30.5 Å². The number of nitrogens with one attached hydrogen (secondary N) is 1. The molecule has 0 atom stereocenters. The van der Waals surface area contributed by atoms with Gasteiger partial charge in [-0.05, 0) is 24.1 Å². The number of carbonyl (C=O) groups excluding carboxylic acids is 1. The van der Waals surface area contributed by atoms with Crippen LogP contribution in [0.1, 0.15) is 48.8 Å². The number of methoxy groups -OCH3 is 1. The summed E-state index contributed by atoms with van der Waals surface area (Å²) in [6.07, 6.45) is 5.83. The van der Waals surface area contributed by atoms with Gasteiger partial charge in [0, 0.05) is 24.7 Å². The van der Waals surface area contributed by atoms with E-state index < -0.39 is 0 Å². The van der Waals surface area contributed by atoms with E-state index in [-0.39, 0.29) is 6.03 Å². The number of carbonyl (C=O) groups is 1. The van der Waals surface area contributed by atoms with E-state index in [0.717, 1.165) is 54.2 Å². The molecule has 1 N–H and O–H groups in total. The molecule has 3 rings (SSSR count). The predicted octanol–water partition coefficient (Wildman–Crippen LogP) is 3.29. The summed E-state index contributed by atoms with van der Waals surface area (Å²) in [5.41, 5.74) is 3.12. The number of rotatable bonds is 7. The lowest BCUT2D eigenvalue weighted by Crippen LogP contribution is -2.36. The average Bonchev–Trinajstić information content (AvgIpc) is 3.09. The molecular weight excluding hydrogens is 328 g/mol. The minimum atomic E-state index is -0.0178. The highest BCUT2D eigenvalue weighted by Crippen LogP contribution is 2.21. The van der Waals surface area contributed by atoms with Crippen molar-refractivity contribution in [3.05, 3.63) is 53.1 Å². The molecular formula is C20H26N4O2. The van der Waals surface area contributed by atoms with Crippen LogP contribution in [0.5, 0.6) is 5.75 Å². The average molecular weight is 354 g/mol. The lowest BCUT2D eigenvalue weighted by atomic mass is 10.1. The maximum absolute atomic E-state index is 12.3. The van der Waals surface area contributed by atoms with Crippen molar-refractivity contribution in [2.75, 3.05) is 13.7 Å². The largest absolute Gasteiger partial charge is 0.497 e. The lowest BCUT2D eigenvalue weighted by Gasteiger charge is -2.15. The van der Waals surface area contributed by atoms with Crippen molar-refractivity contribution in [1.29, 1.82) is 0 Å².